The molecule has 1 saturated heterocycles. The molecule has 2 rings (SSSR count). The molecule has 2 heterocycles. The summed E-state index contributed by atoms with van der Waals surface area (Å²) in [6.45, 7) is 6.44. The minimum atomic E-state index is 0.710. The van der Waals surface area contributed by atoms with Gasteiger partial charge in [-0.3, -0.25) is 4.68 Å². The van der Waals surface area contributed by atoms with E-state index < -0.39 is 0 Å². The Balaban J connectivity index is 1.77. The highest BCUT2D eigenvalue weighted by atomic mass is 15.3. The van der Waals surface area contributed by atoms with Crippen LogP contribution < -0.4 is 5.32 Å². The van der Waals surface area contributed by atoms with Crippen molar-refractivity contribution in [2.24, 2.45) is 0 Å². The molecule has 1 atom stereocenters. The van der Waals surface area contributed by atoms with Crippen molar-refractivity contribution >= 4 is 0 Å². The van der Waals surface area contributed by atoms with E-state index in [2.05, 4.69) is 35.5 Å². The first-order valence-corrected chi connectivity index (χ1v) is 5.66. The van der Waals surface area contributed by atoms with Crippen LogP contribution in [-0.2, 0) is 6.54 Å². The summed E-state index contributed by atoms with van der Waals surface area (Å²) in [5.41, 5.74) is 1.24. The molecule has 1 aliphatic rings. The Bertz CT molecular complexity index is 301. The smallest absolute Gasteiger partial charge is 0.0536 e. The highest BCUT2D eigenvalue weighted by Gasteiger charge is 2.18. The first-order valence-electron chi connectivity index (χ1n) is 5.66. The summed E-state index contributed by atoms with van der Waals surface area (Å²) in [6, 6.07) is 0.710. The monoisotopic (exact) mass is 208 g/mol. The summed E-state index contributed by atoms with van der Waals surface area (Å²) in [5, 5.41) is 7.68. The van der Waals surface area contributed by atoms with Crippen LogP contribution in [0.2, 0.25) is 0 Å². The Labute approximate surface area is 91.3 Å². The first-order chi connectivity index (χ1) is 7.25. The minimum absolute atomic E-state index is 0.710. The molecule has 0 saturated carbocycles. The molecular weight excluding hydrogens is 188 g/mol. The lowest BCUT2D eigenvalue weighted by Gasteiger charge is -2.23. The molecule has 4 heteroatoms. The lowest BCUT2D eigenvalue weighted by Crippen LogP contribution is -2.35. The molecule has 0 spiro atoms. The van der Waals surface area contributed by atoms with Crippen LogP contribution in [0.15, 0.2) is 12.4 Å². The maximum Gasteiger partial charge on any atom is 0.0536 e. The van der Waals surface area contributed by atoms with E-state index in [1.54, 1.807) is 0 Å². The Morgan fingerprint density at radius 3 is 3.13 bits per heavy atom. The highest BCUT2D eigenvalue weighted by Crippen LogP contribution is 2.06. The predicted molar refractivity (Wildman–Crippen MR) is 60.9 cm³/mol. The molecule has 0 amide bonds. The van der Waals surface area contributed by atoms with Gasteiger partial charge >= 0.3 is 0 Å². The zero-order chi connectivity index (χ0) is 10.7. The third-order valence-electron chi connectivity index (χ3n) is 3.10. The summed E-state index contributed by atoms with van der Waals surface area (Å²) in [5.74, 6) is 0. The van der Waals surface area contributed by atoms with Crippen LogP contribution in [0.4, 0.5) is 0 Å². The van der Waals surface area contributed by atoms with Gasteiger partial charge in [-0.25, -0.2) is 0 Å². The third-order valence-corrected chi connectivity index (χ3v) is 3.10. The van der Waals surface area contributed by atoms with Gasteiger partial charge in [0.15, 0.2) is 0 Å². The summed E-state index contributed by atoms with van der Waals surface area (Å²) in [7, 11) is 2.20. The highest BCUT2D eigenvalue weighted by molar-refractivity contribution is 4.99. The second kappa shape index (κ2) is 4.77. The number of nitrogens with zero attached hydrogens (tertiary/aromatic N) is 3. The molecule has 1 aliphatic heterocycles. The average Bonchev–Trinajstić information content (AvgIpc) is 2.84. The first kappa shape index (κ1) is 10.6. The van der Waals surface area contributed by atoms with Gasteiger partial charge in [0, 0.05) is 25.3 Å². The fourth-order valence-electron chi connectivity index (χ4n) is 2.05. The second-order valence-electron chi connectivity index (χ2n) is 4.41. The standard InChI is InChI=1S/C11H20N4/c1-10-7-13-15(9-10)6-5-14(2)11-3-4-12-8-11/h7,9,11-12H,3-6,8H2,1-2H3. The lowest BCUT2D eigenvalue weighted by molar-refractivity contribution is 0.243. The number of likely N-dealkylation sites (N-methyl/N-ethyl adjacent to an activating group) is 1. The van der Waals surface area contributed by atoms with Crippen molar-refractivity contribution in [1.82, 2.24) is 20.0 Å². The van der Waals surface area contributed by atoms with Crippen molar-refractivity contribution in [2.45, 2.75) is 25.9 Å². The van der Waals surface area contributed by atoms with E-state index in [1.165, 1.54) is 12.0 Å². The van der Waals surface area contributed by atoms with Gasteiger partial charge in [-0.15, -0.1) is 0 Å². The molecule has 1 N–H and O–H groups in total. The molecule has 1 fully saturated rings. The van der Waals surface area contributed by atoms with Gasteiger partial charge in [0.2, 0.25) is 0 Å². The largest absolute Gasteiger partial charge is 0.315 e. The van der Waals surface area contributed by atoms with E-state index in [4.69, 9.17) is 0 Å². The molecular formula is C11H20N4. The van der Waals surface area contributed by atoms with E-state index in [1.807, 2.05) is 10.9 Å². The van der Waals surface area contributed by atoms with Gasteiger partial charge in [0.05, 0.1) is 12.7 Å². The van der Waals surface area contributed by atoms with Crippen LogP contribution in [0.5, 0.6) is 0 Å². The fraction of sp³-hybridized carbons (Fsp3) is 0.727. The van der Waals surface area contributed by atoms with Crippen molar-refractivity contribution in [2.75, 3.05) is 26.7 Å². The van der Waals surface area contributed by atoms with Gasteiger partial charge in [-0.2, -0.15) is 5.10 Å². The summed E-state index contributed by atoms with van der Waals surface area (Å²) in [4.78, 5) is 2.43. The molecule has 4 nitrogen and oxygen atoms in total. The molecule has 0 radical (unpaired) electrons. The Morgan fingerprint density at radius 1 is 1.67 bits per heavy atom. The average molecular weight is 208 g/mol. The Kier molecular flexibility index (Phi) is 3.38. The Hall–Kier alpha value is -0.870. The van der Waals surface area contributed by atoms with Crippen LogP contribution in [-0.4, -0.2) is 47.4 Å². The number of nitrogens with one attached hydrogen (secondary N) is 1. The minimum Gasteiger partial charge on any atom is -0.315 e. The normalized spacial score (nSPS) is 21.4. The maximum absolute atomic E-state index is 4.29. The molecule has 1 aromatic rings. The van der Waals surface area contributed by atoms with Crippen LogP contribution in [0.3, 0.4) is 0 Å². The van der Waals surface area contributed by atoms with E-state index in [0.29, 0.717) is 6.04 Å². The Morgan fingerprint density at radius 2 is 2.53 bits per heavy atom. The lowest BCUT2D eigenvalue weighted by atomic mass is 10.2. The summed E-state index contributed by atoms with van der Waals surface area (Å²) >= 11 is 0. The molecule has 1 aromatic heterocycles. The topological polar surface area (TPSA) is 33.1 Å². The van der Waals surface area contributed by atoms with Crippen molar-refractivity contribution in [3.05, 3.63) is 18.0 Å². The van der Waals surface area contributed by atoms with Crippen LogP contribution in [0, 0.1) is 6.92 Å². The second-order valence-corrected chi connectivity index (χ2v) is 4.41. The fourth-order valence-corrected chi connectivity index (χ4v) is 2.05. The zero-order valence-electron chi connectivity index (χ0n) is 9.61. The van der Waals surface area contributed by atoms with Crippen molar-refractivity contribution in [3.63, 3.8) is 0 Å². The van der Waals surface area contributed by atoms with Crippen molar-refractivity contribution < 1.29 is 0 Å². The number of aromatic nitrogens is 2. The van der Waals surface area contributed by atoms with E-state index in [0.717, 1.165) is 26.2 Å². The van der Waals surface area contributed by atoms with Crippen molar-refractivity contribution in [1.29, 1.82) is 0 Å². The molecule has 0 aliphatic carbocycles. The molecule has 0 aromatic carbocycles. The van der Waals surface area contributed by atoms with Gasteiger partial charge in [0.1, 0.15) is 0 Å². The van der Waals surface area contributed by atoms with E-state index >= 15 is 0 Å². The van der Waals surface area contributed by atoms with Gasteiger partial charge < -0.3 is 10.2 Å². The molecule has 0 bridgehead atoms. The summed E-state index contributed by atoms with van der Waals surface area (Å²) in [6.07, 6.45) is 5.28. The number of rotatable bonds is 4. The molecule has 1 unspecified atom stereocenters. The number of aryl methyl sites for hydroxylation is 1. The molecule has 84 valence electrons. The van der Waals surface area contributed by atoms with Gasteiger partial charge in [-0.05, 0) is 32.5 Å². The zero-order valence-corrected chi connectivity index (χ0v) is 9.61. The SMILES string of the molecule is Cc1cnn(CCN(C)C2CCNC2)c1. The van der Waals surface area contributed by atoms with Crippen LogP contribution >= 0.6 is 0 Å². The molecule has 15 heavy (non-hydrogen) atoms. The van der Waals surface area contributed by atoms with E-state index in [9.17, 15) is 0 Å². The van der Waals surface area contributed by atoms with Gasteiger partial charge in [-0.1, -0.05) is 0 Å². The van der Waals surface area contributed by atoms with E-state index in [-0.39, 0.29) is 0 Å². The number of hydrogen-bond donors (Lipinski definition) is 1. The summed E-state index contributed by atoms with van der Waals surface area (Å²) < 4.78 is 2.02. The predicted octanol–water partition coefficient (Wildman–Crippen LogP) is 0.485. The maximum atomic E-state index is 4.29. The quantitative estimate of drug-likeness (QED) is 0.781. The van der Waals surface area contributed by atoms with Crippen LogP contribution in [0.25, 0.3) is 0 Å². The van der Waals surface area contributed by atoms with Crippen molar-refractivity contribution in [3.8, 4) is 0 Å². The number of hydrogen-bond acceptors (Lipinski definition) is 3. The van der Waals surface area contributed by atoms with Crippen LogP contribution in [0.1, 0.15) is 12.0 Å². The third kappa shape index (κ3) is 2.79. The van der Waals surface area contributed by atoms with Gasteiger partial charge in [0.25, 0.3) is 0 Å².